The smallest absolute Gasteiger partial charge is 0.353 e. The molecule has 0 bridgehead atoms. The Kier molecular flexibility index (Phi) is 3.56. The van der Waals surface area contributed by atoms with Gasteiger partial charge in [0.05, 0.1) is 11.2 Å². The lowest BCUT2D eigenvalue weighted by molar-refractivity contribution is -0.283. The van der Waals surface area contributed by atoms with Crippen molar-refractivity contribution in [3.05, 3.63) is 33.6 Å². The molecular weight excluding hydrogens is 340 g/mol. The molecule has 1 aromatic carbocycles. The predicted octanol–water partition coefficient (Wildman–Crippen LogP) is 6.11. The normalized spacial score (nSPS) is 22.4. The first-order valence-electron chi connectivity index (χ1n) is 9.63. The van der Waals surface area contributed by atoms with Crippen LogP contribution in [0.15, 0.2) is 9.99 Å². The monoisotopic (exact) mass is 370 g/mol. The molecule has 0 saturated carbocycles. The molecule has 1 aromatic heterocycles. The van der Waals surface area contributed by atoms with Gasteiger partial charge in [-0.25, -0.2) is 0 Å². The molecule has 0 radical (unpaired) electrons. The minimum absolute atomic E-state index is 0.485. The van der Waals surface area contributed by atoms with Crippen LogP contribution in [0.5, 0.6) is 5.75 Å². The van der Waals surface area contributed by atoms with Gasteiger partial charge in [-0.2, -0.15) is 0 Å². The Bertz CT molecular complexity index is 1000. The van der Waals surface area contributed by atoms with Crippen molar-refractivity contribution in [1.82, 2.24) is 0 Å². The molecule has 4 rings (SSSR count). The van der Waals surface area contributed by atoms with Gasteiger partial charge in [-0.1, -0.05) is 0 Å². The second-order valence-corrected chi connectivity index (χ2v) is 9.07. The third-order valence-electron chi connectivity index (χ3n) is 6.97. The highest BCUT2D eigenvalue weighted by Crippen LogP contribution is 2.55. The number of allylic oxidation sites excluding steroid dienone is 1. The topological polar surface area (TPSA) is 40.8 Å². The molecule has 0 aliphatic carbocycles. The summed E-state index contributed by atoms with van der Waals surface area (Å²) in [4.78, 5) is 0. The fourth-order valence-electron chi connectivity index (χ4n) is 4.08. The highest BCUT2D eigenvalue weighted by molar-refractivity contribution is 6.00. The van der Waals surface area contributed by atoms with E-state index in [0.717, 1.165) is 55.9 Å². The lowest BCUT2D eigenvalue weighted by Gasteiger charge is -2.37. The van der Waals surface area contributed by atoms with Crippen LogP contribution < -0.4 is 4.74 Å². The Labute approximate surface area is 161 Å². The number of rotatable bonds is 0. The molecule has 1 saturated heterocycles. The average Bonchev–Trinajstić information content (AvgIpc) is 2.94. The first kappa shape index (κ1) is 18.6. The second-order valence-electron chi connectivity index (χ2n) is 9.07. The van der Waals surface area contributed by atoms with Crippen molar-refractivity contribution in [2.24, 2.45) is 0 Å². The molecule has 3 heterocycles. The van der Waals surface area contributed by atoms with Gasteiger partial charge in [-0.15, -0.1) is 0 Å². The van der Waals surface area contributed by atoms with Crippen molar-refractivity contribution < 1.29 is 18.6 Å². The minimum atomic E-state index is -1.19. The van der Waals surface area contributed by atoms with Crippen molar-refractivity contribution in [3.63, 3.8) is 0 Å². The molecule has 1 spiro atoms. The first-order chi connectivity index (χ1) is 12.3. The molecule has 2 aliphatic rings. The summed E-state index contributed by atoms with van der Waals surface area (Å²) in [6.45, 7) is 20.7. The van der Waals surface area contributed by atoms with Crippen LogP contribution in [-0.2, 0) is 9.47 Å². The zero-order chi connectivity index (χ0) is 20.1. The van der Waals surface area contributed by atoms with Gasteiger partial charge in [0.15, 0.2) is 0 Å². The molecule has 2 aromatic rings. The zero-order valence-electron chi connectivity index (χ0n) is 18.1. The number of hydrogen-bond donors (Lipinski definition) is 0. The first-order valence-corrected chi connectivity index (χ1v) is 9.63. The Hall–Kier alpha value is -1.78. The standard InChI is InChI=1S/C23H30O4/c1-11-12(2)20-17(18-14(4)16(6)24-19(11)18)13(3)15(5)23(25-20)26-21(7,8)22(9,10)27-23/h1-10H3. The summed E-state index contributed by atoms with van der Waals surface area (Å²) in [6.07, 6.45) is 0. The van der Waals surface area contributed by atoms with E-state index in [0.29, 0.717) is 0 Å². The fourth-order valence-corrected chi connectivity index (χ4v) is 4.08. The maximum atomic E-state index is 6.57. The van der Waals surface area contributed by atoms with Crippen LogP contribution >= 0.6 is 0 Å². The van der Waals surface area contributed by atoms with Crippen LogP contribution in [0.4, 0.5) is 0 Å². The van der Waals surface area contributed by atoms with Crippen LogP contribution in [0.1, 0.15) is 69.6 Å². The number of hydrogen-bond acceptors (Lipinski definition) is 4. The molecule has 4 nitrogen and oxygen atoms in total. The molecule has 0 N–H and O–H groups in total. The highest BCUT2D eigenvalue weighted by Gasteiger charge is 2.61. The number of aryl methyl sites for hydroxylation is 3. The Morgan fingerprint density at radius 3 is 1.81 bits per heavy atom. The zero-order valence-corrected chi connectivity index (χ0v) is 18.1. The Balaban J connectivity index is 2.05. The molecule has 27 heavy (non-hydrogen) atoms. The minimum Gasteiger partial charge on any atom is -0.461 e. The van der Waals surface area contributed by atoms with E-state index in [1.54, 1.807) is 0 Å². The number of furan rings is 1. The summed E-state index contributed by atoms with van der Waals surface area (Å²) >= 11 is 0. The molecule has 146 valence electrons. The Morgan fingerprint density at radius 2 is 1.26 bits per heavy atom. The van der Waals surface area contributed by atoms with Crippen molar-refractivity contribution in [2.75, 3.05) is 0 Å². The van der Waals surface area contributed by atoms with Crippen LogP contribution in [0.3, 0.4) is 0 Å². The molecule has 0 amide bonds. The van der Waals surface area contributed by atoms with E-state index in [9.17, 15) is 0 Å². The van der Waals surface area contributed by atoms with Gasteiger partial charge >= 0.3 is 5.97 Å². The van der Waals surface area contributed by atoms with Gasteiger partial charge in [0, 0.05) is 16.5 Å². The van der Waals surface area contributed by atoms with Gasteiger partial charge in [-0.3, -0.25) is 0 Å². The van der Waals surface area contributed by atoms with E-state index < -0.39 is 17.2 Å². The van der Waals surface area contributed by atoms with Crippen LogP contribution in [-0.4, -0.2) is 17.2 Å². The average molecular weight is 370 g/mol. The van der Waals surface area contributed by atoms with Gasteiger partial charge in [0.1, 0.15) is 17.1 Å². The van der Waals surface area contributed by atoms with E-state index >= 15 is 0 Å². The maximum Gasteiger partial charge on any atom is 0.353 e. The quantitative estimate of drug-likeness (QED) is 0.561. The number of benzene rings is 1. The van der Waals surface area contributed by atoms with Crippen LogP contribution in [0, 0.1) is 27.7 Å². The third-order valence-corrected chi connectivity index (χ3v) is 6.97. The van der Waals surface area contributed by atoms with Gasteiger partial charge in [0.2, 0.25) is 0 Å². The van der Waals surface area contributed by atoms with Crippen molar-refractivity contribution in [1.29, 1.82) is 0 Å². The fraction of sp³-hybridized carbons (Fsp3) is 0.565. The number of fused-ring (bicyclic) bond motifs is 3. The summed E-state index contributed by atoms with van der Waals surface area (Å²) in [5.41, 5.74) is 6.47. The van der Waals surface area contributed by atoms with E-state index in [2.05, 4.69) is 27.7 Å². The van der Waals surface area contributed by atoms with Crippen LogP contribution in [0.2, 0.25) is 0 Å². The van der Waals surface area contributed by atoms with Crippen molar-refractivity contribution in [2.45, 2.75) is 86.4 Å². The molecule has 0 atom stereocenters. The second kappa shape index (κ2) is 5.18. The summed E-state index contributed by atoms with van der Waals surface area (Å²) in [7, 11) is 0. The molecular formula is C23H30O4. The van der Waals surface area contributed by atoms with Crippen LogP contribution in [0.25, 0.3) is 16.5 Å². The van der Waals surface area contributed by atoms with E-state index in [1.165, 1.54) is 0 Å². The van der Waals surface area contributed by atoms with Gasteiger partial charge in [0.25, 0.3) is 0 Å². The summed E-state index contributed by atoms with van der Waals surface area (Å²) in [5, 5.41) is 1.13. The van der Waals surface area contributed by atoms with Gasteiger partial charge in [-0.05, 0) is 91.5 Å². The van der Waals surface area contributed by atoms with Crippen molar-refractivity contribution >= 4 is 16.5 Å². The van der Waals surface area contributed by atoms with E-state index in [-0.39, 0.29) is 0 Å². The molecule has 4 heteroatoms. The summed E-state index contributed by atoms with van der Waals surface area (Å²) < 4.78 is 25.6. The van der Waals surface area contributed by atoms with E-state index in [1.807, 2.05) is 41.5 Å². The van der Waals surface area contributed by atoms with E-state index in [4.69, 9.17) is 18.6 Å². The third kappa shape index (κ3) is 2.17. The Morgan fingerprint density at radius 1 is 0.704 bits per heavy atom. The summed E-state index contributed by atoms with van der Waals surface area (Å²) in [5.74, 6) is 0.588. The lowest BCUT2D eigenvalue weighted by Crippen LogP contribution is -2.43. The summed E-state index contributed by atoms with van der Waals surface area (Å²) in [6, 6.07) is 0. The maximum absolute atomic E-state index is 6.57. The molecule has 1 fully saturated rings. The van der Waals surface area contributed by atoms with Gasteiger partial charge < -0.3 is 18.6 Å². The highest BCUT2D eigenvalue weighted by atomic mass is 16.9. The number of ether oxygens (including phenoxy) is 3. The van der Waals surface area contributed by atoms with Crippen molar-refractivity contribution in [3.8, 4) is 5.75 Å². The predicted molar refractivity (Wildman–Crippen MR) is 107 cm³/mol. The largest absolute Gasteiger partial charge is 0.461 e. The molecule has 2 aliphatic heterocycles. The SMILES string of the molecule is CC1=C(C)C2(Oc3c(C)c(C)c4oc(C)c(C)c4c31)OC(C)(C)C(C)(C)O2. The lowest BCUT2D eigenvalue weighted by atomic mass is 9.89. The molecule has 0 unspecified atom stereocenters.